The summed E-state index contributed by atoms with van der Waals surface area (Å²) in [6.07, 6.45) is 7.24. The number of anilines is 1. The summed E-state index contributed by atoms with van der Waals surface area (Å²) in [4.78, 5) is 0. The second-order valence-corrected chi connectivity index (χ2v) is 5.83. The fraction of sp³-hybridized carbons (Fsp3) is 0.571. The molecule has 1 saturated carbocycles. The van der Waals surface area contributed by atoms with Gasteiger partial charge in [-0.25, -0.2) is 0 Å². The first kappa shape index (κ1) is 11.8. The Morgan fingerprint density at radius 2 is 1.81 bits per heavy atom. The lowest BCUT2D eigenvalue weighted by Crippen LogP contribution is -2.12. The van der Waals surface area contributed by atoms with Crippen molar-refractivity contribution < 1.29 is 0 Å². The number of nitrogens with one attached hydrogen (secondary N) is 1. The minimum absolute atomic E-state index is 0.936. The molecule has 2 rings (SSSR count). The predicted molar refractivity (Wildman–Crippen MR) is 74.3 cm³/mol. The van der Waals surface area contributed by atoms with E-state index in [1.165, 1.54) is 43.5 Å². The summed E-state index contributed by atoms with van der Waals surface area (Å²) in [6.45, 7) is 1.09. The molecule has 88 valence electrons. The Hall–Kier alpha value is -0.630. The molecular formula is C14H21NS. The summed E-state index contributed by atoms with van der Waals surface area (Å²) in [5, 5.41) is 4.40. The van der Waals surface area contributed by atoms with E-state index < -0.39 is 0 Å². The van der Waals surface area contributed by atoms with E-state index in [0.29, 0.717) is 0 Å². The molecule has 1 aliphatic rings. The predicted octanol–water partition coefficient (Wildman–Crippen LogP) is 4.16. The van der Waals surface area contributed by atoms with Crippen LogP contribution >= 0.6 is 11.8 Å². The van der Waals surface area contributed by atoms with Crippen molar-refractivity contribution in [3.05, 3.63) is 30.3 Å². The Morgan fingerprint density at radius 1 is 1.06 bits per heavy atom. The normalized spacial score (nSPS) is 17.2. The molecule has 0 heterocycles. The molecule has 0 bridgehead atoms. The third-order valence-electron chi connectivity index (χ3n) is 3.11. The molecule has 0 radical (unpaired) electrons. The highest BCUT2D eigenvalue weighted by atomic mass is 32.2. The van der Waals surface area contributed by atoms with E-state index in [4.69, 9.17) is 0 Å². The summed E-state index contributed by atoms with van der Waals surface area (Å²) in [6, 6.07) is 10.5. The maximum absolute atomic E-state index is 3.46. The van der Waals surface area contributed by atoms with E-state index in [2.05, 4.69) is 47.4 Å². The highest BCUT2D eigenvalue weighted by Gasteiger charge is 2.12. The van der Waals surface area contributed by atoms with E-state index in [1.54, 1.807) is 0 Å². The maximum atomic E-state index is 3.46. The standard InChI is InChI=1S/C14H21NS/c1-3-7-13(8-4-1)15-11-12-16-14-9-5-2-6-10-14/h1,3-4,7-8,14-15H,2,5-6,9-12H2. The lowest BCUT2D eigenvalue weighted by molar-refractivity contribution is 0.516. The van der Waals surface area contributed by atoms with Crippen molar-refractivity contribution in [3.63, 3.8) is 0 Å². The molecule has 0 aromatic heterocycles. The lowest BCUT2D eigenvalue weighted by Gasteiger charge is -2.21. The van der Waals surface area contributed by atoms with Crippen molar-refractivity contribution in [2.75, 3.05) is 17.6 Å². The van der Waals surface area contributed by atoms with Gasteiger partial charge in [-0.15, -0.1) is 0 Å². The Balaban J connectivity index is 1.58. The Morgan fingerprint density at radius 3 is 2.56 bits per heavy atom. The van der Waals surface area contributed by atoms with E-state index >= 15 is 0 Å². The highest BCUT2D eigenvalue weighted by molar-refractivity contribution is 7.99. The molecule has 0 aliphatic heterocycles. The molecule has 1 aromatic rings. The van der Waals surface area contributed by atoms with Crippen molar-refractivity contribution >= 4 is 17.4 Å². The van der Waals surface area contributed by atoms with Gasteiger partial charge in [0, 0.05) is 23.2 Å². The molecule has 1 aromatic carbocycles. The van der Waals surface area contributed by atoms with E-state index in [0.717, 1.165) is 11.8 Å². The molecule has 1 fully saturated rings. The monoisotopic (exact) mass is 235 g/mol. The van der Waals surface area contributed by atoms with Gasteiger partial charge in [0.25, 0.3) is 0 Å². The third-order valence-corrected chi connectivity index (χ3v) is 4.49. The number of rotatable bonds is 5. The molecule has 0 spiro atoms. The lowest BCUT2D eigenvalue weighted by atomic mass is 10.0. The quantitative estimate of drug-likeness (QED) is 0.769. The summed E-state index contributed by atoms with van der Waals surface area (Å²) < 4.78 is 0. The van der Waals surface area contributed by atoms with Crippen LogP contribution in [0.1, 0.15) is 32.1 Å². The summed E-state index contributed by atoms with van der Waals surface area (Å²) in [5.41, 5.74) is 1.24. The zero-order chi connectivity index (χ0) is 11.1. The van der Waals surface area contributed by atoms with Crippen LogP contribution in [0.15, 0.2) is 30.3 Å². The summed E-state index contributed by atoms with van der Waals surface area (Å²) in [7, 11) is 0. The van der Waals surface area contributed by atoms with Crippen LogP contribution in [0.4, 0.5) is 5.69 Å². The SMILES string of the molecule is c1ccc(NCCSC2CCCCC2)cc1. The van der Waals surface area contributed by atoms with Crippen LogP contribution in [0.5, 0.6) is 0 Å². The zero-order valence-electron chi connectivity index (χ0n) is 9.82. The van der Waals surface area contributed by atoms with Crippen molar-refractivity contribution in [1.29, 1.82) is 0 Å². The number of para-hydroxylation sites is 1. The van der Waals surface area contributed by atoms with Crippen LogP contribution in [0.25, 0.3) is 0 Å². The number of hydrogen-bond donors (Lipinski definition) is 1. The highest BCUT2D eigenvalue weighted by Crippen LogP contribution is 2.27. The van der Waals surface area contributed by atoms with E-state index in [-0.39, 0.29) is 0 Å². The maximum Gasteiger partial charge on any atom is 0.0340 e. The van der Waals surface area contributed by atoms with Crippen LogP contribution in [0, 0.1) is 0 Å². The van der Waals surface area contributed by atoms with Crippen LogP contribution in [0.2, 0.25) is 0 Å². The van der Waals surface area contributed by atoms with Crippen molar-refractivity contribution in [3.8, 4) is 0 Å². The molecule has 0 unspecified atom stereocenters. The van der Waals surface area contributed by atoms with Gasteiger partial charge < -0.3 is 5.32 Å². The van der Waals surface area contributed by atoms with Gasteiger partial charge in [0.2, 0.25) is 0 Å². The molecule has 1 aliphatic carbocycles. The van der Waals surface area contributed by atoms with E-state index in [1.807, 2.05) is 0 Å². The topological polar surface area (TPSA) is 12.0 Å². The minimum atomic E-state index is 0.936. The molecule has 0 amide bonds. The minimum Gasteiger partial charge on any atom is -0.384 e. The van der Waals surface area contributed by atoms with E-state index in [9.17, 15) is 0 Å². The smallest absolute Gasteiger partial charge is 0.0340 e. The van der Waals surface area contributed by atoms with Gasteiger partial charge in [0.15, 0.2) is 0 Å². The molecule has 16 heavy (non-hydrogen) atoms. The van der Waals surface area contributed by atoms with Crippen molar-refractivity contribution in [2.45, 2.75) is 37.4 Å². The van der Waals surface area contributed by atoms with Gasteiger partial charge in [-0.1, -0.05) is 37.5 Å². The van der Waals surface area contributed by atoms with Crippen LogP contribution in [-0.2, 0) is 0 Å². The first-order valence-electron chi connectivity index (χ1n) is 6.36. The molecule has 1 N–H and O–H groups in total. The van der Waals surface area contributed by atoms with Crippen LogP contribution in [-0.4, -0.2) is 17.5 Å². The van der Waals surface area contributed by atoms with Gasteiger partial charge in [-0.3, -0.25) is 0 Å². The molecular weight excluding hydrogens is 214 g/mol. The van der Waals surface area contributed by atoms with Crippen molar-refractivity contribution in [2.24, 2.45) is 0 Å². The van der Waals surface area contributed by atoms with Crippen LogP contribution < -0.4 is 5.32 Å². The second-order valence-electron chi connectivity index (χ2n) is 4.42. The summed E-state index contributed by atoms with van der Waals surface area (Å²) >= 11 is 2.15. The van der Waals surface area contributed by atoms with Gasteiger partial charge in [-0.05, 0) is 25.0 Å². The Labute approximate surface area is 103 Å². The largest absolute Gasteiger partial charge is 0.384 e. The summed E-state index contributed by atoms with van der Waals surface area (Å²) in [5.74, 6) is 1.24. The van der Waals surface area contributed by atoms with Crippen LogP contribution in [0.3, 0.4) is 0 Å². The van der Waals surface area contributed by atoms with Gasteiger partial charge in [-0.2, -0.15) is 11.8 Å². The Bertz CT molecular complexity index is 280. The first-order chi connectivity index (χ1) is 7.95. The van der Waals surface area contributed by atoms with Gasteiger partial charge >= 0.3 is 0 Å². The fourth-order valence-corrected chi connectivity index (χ4v) is 3.43. The molecule has 1 nitrogen and oxygen atoms in total. The number of thioether (sulfide) groups is 1. The third kappa shape index (κ3) is 4.09. The Kier molecular flexibility index (Phi) is 5.07. The number of benzene rings is 1. The second kappa shape index (κ2) is 6.85. The van der Waals surface area contributed by atoms with Crippen molar-refractivity contribution in [1.82, 2.24) is 0 Å². The molecule has 0 saturated heterocycles. The zero-order valence-corrected chi connectivity index (χ0v) is 10.6. The number of hydrogen-bond acceptors (Lipinski definition) is 2. The average molecular weight is 235 g/mol. The average Bonchev–Trinajstić information content (AvgIpc) is 2.37. The fourth-order valence-electron chi connectivity index (χ4n) is 2.21. The molecule has 0 atom stereocenters. The van der Waals surface area contributed by atoms with Gasteiger partial charge in [0.05, 0.1) is 0 Å². The first-order valence-corrected chi connectivity index (χ1v) is 7.40. The van der Waals surface area contributed by atoms with Gasteiger partial charge in [0.1, 0.15) is 0 Å². The molecule has 2 heteroatoms.